The summed E-state index contributed by atoms with van der Waals surface area (Å²) in [5, 5.41) is 14.6. The van der Waals surface area contributed by atoms with Crippen molar-refractivity contribution in [3.63, 3.8) is 0 Å². The molecule has 8 nitrogen and oxygen atoms in total. The van der Waals surface area contributed by atoms with Crippen molar-refractivity contribution in [1.82, 2.24) is 4.98 Å². The molecule has 0 saturated heterocycles. The van der Waals surface area contributed by atoms with Crippen molar-refractivity contribution in [3.8, 4) is 17.2 Å². The van der Waals surface area contributed by atoms with Gasteiger partial charge in [-0.2, -0.15) is 0 Å². The Morgan fingerprint density at radius 3 is 2.63 bits per heavy atom. The molecule has 0 bridgehead atoms. The molecule has 0 unspecified atom stereocenters. The standard InChI is InChI=1S/C21H18N2O6.Na/c1-8-14(27-3)7-13(21(25)26)19-15(8)23-20(24)12-6-11(10-4-5-10)17-16(18(12)29-19)22-9(2)28-17;/h6-7,10H,4-5H2,1-3H3,(H,23,24)(H,25,26);/q;+1/p-1. The second-order valence-corrected chi connectivity index (χ2v) is 7.33. The van der Waals surface area contributed by atoms with E-state index in [4.69, 9.17) is 13.9 Å². The van der Waals surface area contributed by atoms with E-state index in [1.807, 2.05) is 0 Å². The number of carbonyl (C=O) groups excluding carboxylic acids is 2. The minimum Gasteiger partial charge on any atom is -0.545 e. The van der Waals surface area contributed by atoms with Gasteiger partial charge in [0, 0.05) is 23.6 Å². The molecule has 1 amide bonds. The normalized spacial score (nSPS) is 14.7. The van der Waals surface area contributed by atoms with Gasteiger partial charge in [0.05, 0.1) is 24.3 Å². The Bertz CT molecular complexity index is 1230. The molecule has 2 heterocycles. The van der Waals surface area contributed by atoms with Gasteiger partial charge >= 0.3 is 29.6 Å². The number of hydrogen-bond donors (Lipinski definition) is 1. The molecular weight excluding hydrogens is 399 g/mol. The molecule has 1 aliphatic carbocycles. The van der Waals surface area contributed by atoms with Gasteiger partial charge in [-0.3, -0.25) is 4.79 Å². The molecule has 148 valence electrons. The van der Waals surface area contributed by atoms with E-state index in [0.29, 0.717) is 34.2 Å². The van der Waals surface area contributed by atoms with Crippen LogP contribution >= 0.6 is 0 Å². The van der Waals surface area contributed by atoms with E-state index < -0.39 is 11.9 Å². The summed E-state index contributed by atoms with van der Waals surface area (Å²) < 4.78 is 17.1. The largest absolute Gasteiger partial charge is 1.00 e. The topological polar surface area (TPSA) is 114 Å². The molecular formula is C21H17N2NaO6. The monoisotopic (exact) mass is 416 g/mol. The third-order valence-electron chi connectivity index (χ3n) is 5.39. The van der Waals surface area contributed by atoms with Crippen LogP contribution < -0.4 is 49.5 Å². The van der Waals surface area contributed by atoms with Crippen LogP contribution in [0.25, 0.3) is 11.1 Å². The van der Waals surface area contributed by atoms with E-state index in [1.165, 1.54) is 13.2 Å². The van der Waals surface area contributed by atoms with Crippen molar-refractivity contribution in [1.29, 1.82) is 0 Å². The van der Waals surface area contributed by atoms with E-state index in [0.717, 1.165) is 18.4 Å². The van der Waals surface area contributed by atoms with Crippen LogP contribution in [0, 0.1) is 13.8 Å². The number of nitrogens with one attached hydrogen (secondary N) is 1. The number of aryl methyl sites for hydroxylation is 1. The van der Waals surface area contributed by atoms with Gasteiger partial charge in [-0.25, -0.2) is 4.98 Å². The van der Waals surface area contributed by atoms with E-state index in [2.05, 4.69) is 10.3 Å². The van der Waals surface area contributed by atoms with Crippen LogP contribution in [-0.4, -0.2) is 24.0 Å². The molecule has 2 aliphatic rings. The molecule has 1 fully saturated rings. The molecule has 5 rings (SSSR count). The smallest absolute Gasteiger partial charge is 0.545 e. The zero-order valence-electron chi connectivity index (χ0n) is 17.0. The number of fused-ring (bicyclic) bond motifs is 4. The first-order chi connectivity index (χ1) is 13.9. The molecule has 1 aliphatic heterocycles. The number of benzene rings is 2. The molecule has 3 aromatic rings. The van der Waals surface area contributed by atoms with Crippen LogP contribution in [0.3, 0.4) is 0 Å². The van der Waals surface area contributed by atoms with Gasteiger partial charge in [-0.1, -0.05) is 0 Å². The zero-order chi connectivity index (χ0) is 20.4. The van der Waals surface area contributed by atoms with Crippen molar-refractivity contribution in [2.45, 2.75) is 32.6 Å². The number of carbonyl (C=O) groups is 2. The third kappa shape index (κ3) is 3.07. The number of amides is 1. The maximum Gasteiger partial charge on any atom is 1.00 e. The van der Waals surface area contributed by atoms with Crippen molar-refractivity contribution in [2.75, 3.05) is 12.4 Å². The summed E-state index contributed by atoms with van der Waals surface area (Å²) in [5.74, 6) is -0.646. The number of ether oxygens (including phenoxy) is 2. The molecule has 2 aromatic carbocycles. The van der Waals surface area contributed by atoms with Gasteiger partial charge in [0.1, 0.15) is 5.75 Å². The quantitative estimate of drug-likeness (QED) is 0.601. The van der Waals surface area contributed by atoms with Gasteiger partial charge in [0.2, 0.25) is 0 Å². The summed E-state index contributed by atoms with van der Waals surface area (Å²) in [7, 11) is 1.42. The molecule has 0 atom stereocenters. The predicted molar refractivity (Wildman–Crippen MR) is 101 cm³/mol. The number of rotatable bonds is 3. The van der Waals surface area contributed by atoms with Gasteiger partial charge in [0.15, 0.2) is 28.5 Å². The fourth-order valence-corrected chi connectivity index (χ4v) is 3.80. The van der Waals surface area contributed by atoms with E-state index in [9.17, 15) is 14.7 Å². The van der Waals surface area contributed by atoms with Crippen LogP contribution in [-0.2, 0) is 0 Å². The Morgan fingerprint density at radius 1 is 1.27 bits per heavy atom. The van der Waals surface area contributed by atoms with Crippen LogP contribution in [0.15, 0.2) is 16.5 Å². The molecule has 0 radical (unpaired) electrons. The van der Waals surface area contributed by atoms with Crippen molar-refractivity contribution in [3.05, 3.63) is 40.3 Å². The number of nitrogens with zero attached hydrogens (tertiary/aromatic N) is 1. The number of carboxylic acids is 1. The molecule has 9 heteroatoms. The summed E-state index contributed by atoms with van der Waals surface area (Å²) in [5.41, 5.74) is 2.72. The van der Waals surface area contributed by atoms with Gasteiger partial charge in [-0.15, -0.1) is 0 Å². The first-order valence-electron chi connectivity index (χ1n) is 9.25. The molecule has 1 aromatic heterocycles. The average Bonchev–Trinajstić information content (AvgIpc) is 3.46. The summed E-state index contributed by atoms with van der Waals surface area (Å²) in [6.45, 7) is 3.43. The number of hydrogen-bond acceptors (Lipinski definition) is 7. The number of oxazole rings is 1. The first kappa shape index (κ1) is 20.7. The number of anilines is 1. The van der Waals surface area contributed by atoms with E-state index in [1.54, 1.807) is 19.9 Å². The Kier molecular flexibility index (Phi) is 5.04. The Morgan fingerprint density at radius 2 is 2.00 bits per heavy atom. The van der Waals surface area contributed by atoms with Crippen molar-refractivity contribution >= 4 is 28.7 Å². The molecule has 1 N–H and O–H groups in total. The Labute approximate surface area is 193 Å². The van der Waals surface area contributed by atoms with E-state index in [-0.39, 0.29) is 57.9 Å². The maximum absolute atomic E-state index is 13.1. The number of methoxy groups -OCH3 is 1. The average molecular weight is 416 g/mol. The number of aromatic carboxylic acids is 1. The summed E-state index contributed by atoms with van der Waals surface area (Å²) in [6, 6.07) is 3.08. The first-order valence-corrected chi connectivity index (χ1v) is 9.25. The minimum absolute atomic E-state index is 0. The fraction of sp³-hybridized carbons (Fsp3) is 0.286. The van der Waals surface area contributed by atoms with Crippen LogP contribution in [0.5, 0.6) is 17.2 Å². The Hall–Kier alpha value is -2.55. The summed E-state index contributed by atoms with van der Waals surface area (Å²) in [6.07, 6.45) is 2.03. The molecule has 0 spiro atoms. The second kappa shape index (κ2) is 7.30. The van der Waals surface area contributed by atoms with E-state index >= 15 is 0 Å². The fourth-order valence-electron chi connectivity index (χ4n) is 3.80. The molecule has 1 saturated carbocycles. The SMILES string of the molecule is COc1cc(C(=O)[O-])c2c(c1C)NC(=O)c1cc(C3CC3)c3oc(C)nc3c1O2.[Na+]. The summed E-state index contributed by atoms with van der Waals surface area (Å²) >= 11 is 0. The van der Waals surface area contributed by atoms with Crippen LogP contribution in [0.2, 0.25) is 0 Å². The van der Waals surface area contributed by atoms with Crippen molar-refractivity contribution in [2.24, 2.45) is 0 Å². The number of carboxylic acid groups (broad SMARTS) is 1. The number of aromatic nitrogens is 1. The van der Waals surface area contributed by atoms with Crippen LogP contribution in [0.1, 0.15) is 56.5 Å². The van der Waals surface area contributed by atoms with Gasteiger partial charge < -0.3 is 29.1 Å². The van der Waals surface area contributed by atoms with Gasteiger partial charge in [-0.05, 0) is 37.8 Å². The maximum atomic E-state index is 13.1. The summed E-state index contributed by atoms with van der Waals surface area (Å²) in [4.78, 5) is 29.3. The predicted octanol–water partition coefficient (Wildman–Crippen LogP) is 0.0561. The van der Waals surface area contributed by atoms with Crippen molar-refractivity contribution < 1.29 is 58.1 Å². The molecule has 30 heavy (non-hydrogen) atoms. The minimum atomic E-state index is -1.44. The van der Waals surface area contributed by atoms with Gasteiger partial charge in [0.25, 0.3) is 5.91 Å². The Balaban J connectivity index is 0.00000218. The third-order valence-corrected chi connectivity index (χ3v) is 5.39. The van der Waals surface area contributed by atoms with Crippen LogP contribution in [0.4, 0.5) is 5.69 Å². The zero-order valence-corrected chi connectivity index (χ0v) is 19.0. The second-order valence-electron chi connectivity index (χ2n) is 7.33.